The van der Waals surface area contributed by atoms with Gasteiger partial charge in [0.2, 0.25) is 0 Å². The van der Waals surface area contributed by atoms with Gasteiger partial charge in [0.05, 0.1) is 12.2 Å². The van der Waals surface area contributed by atoms with Crippen LogP contribution in [0.1, 0.15) is 55.8 Å². The number of anilines is 4. The first-order valence-electron chi connectivity index (χ1n) is 11.0. The third-order valence-electron chi connectivity index (χ3n) is 6.94. The zero-order valence-corrected chi connectivity index (χ0v) is 17.4. The number of carbonyl (C=O) groups is 1. The molecule has 0 unspecified atom stereocenters. The predicted octanol–water partition coefficient (Wildman–Crippen LogP) is 4.36. The molecule has 7 heteroatoms. The number of benzene rings is 1. The Labute approximate surface area is 176 Å². The standard InChI is InChI=1S/C23H29N5O2/c1-2-30-22(29)17-4-3-5-18(9-17)27-20-19(24)21(26-13-25-20)28-23-10-14-6-15(11-23)8-16(7-14)12-23/h3-5,9,13-16H,2,6-8,10-12,24H2,1H3,(H2,25,26,27,28). The van der Waals surface area contributed by atoms with Crippen LogP contribution in [0.25, 0.3) is 0 Å². The maximum atomic E-state index is 12.0. The van der Waals surface area contributed by atoms with Gasteiger partial charge in [0.15, 0.2) is 11.6 Å². The fourth-order valence-corrected chi connectivity index (χ4v) is 6.18. The van der Waals surface area contributed by atoms with Gasteiger partial charge in [-0.3, -0.25) is 0 Å². The lowest BCUT2D eigenvalue weighted by Crippen LogP contribution is -2.55. The number of carbonyl (C=O) groups excluding carboxylic acids is 1. The Morgan fingerprint density at radius 2 is 1.80 bits per heavy atom. The van der Waals surface area contributed by atoms with Crippen molar-refractivity contribution in [3.63, 3.8) is 0 Å². The minimum atomic E-state index is -0.346. The molecule has 1 heterocycles. The topological polar surface area (TPSA) is 102 Å². The lowest BCUT2D eigenvalue weighted by molar-refractivity contribution is 0.0106. The van der Waals surface area contributed by atoms with Crippen LogP contribution in [0.3, 0.4) is 0 Å². The predicted molar refractivity (Wildman–Crippen MR) is 117 cm³/mol. The first-order valence-corrected chi connectivity index (χ1v) is 11.0. The average Bonchev–Trinajstić information content (AvgIpc) is 2.70. The van der Waals surface area contributed by atoms with Crippen molar-refractivity contribution in [2.45, 2.75) is 51.0 Å². The molecule has 0 amide bonds. The highest BCUT2D eigenvalue weighted by molar-refractivity contribution is 5.91. The van der Waals surface area contributed by atoms with E-state index in [9.17, 15) is 4.79 Å². The molecule has 0 aliphatic heterocycles. The van der Waals surface area contributed by atoms with Crippen LogP contribution in [0.5, 0.6) is 0 Å². The molecule has 2 aromatic rings. The van der Waals surface area contributed by atoms with E-state index in [1.165, 1.54) is 44.9 Å². The van der Waals surface area contributed by atoms with Crippen LogP contribution in [0.2, 0.25) is 0 Å². The van der Waals surface area contributed by atoms with Crippen LogP contribution in [-0.4, -0.2) is 28.1 Å². The molecule has 0 atom stereocenters. The summed E-state index contributed by atoms with van der Waals surface area (Å²) >= 11 is 0. The Morgan fingerprint density at radius 3 is 2.47 bits per heavy atom. The maximum absolute atomic E-state index is 12.0. The van der Waals surface area contributed by atoms with Gasteiger partial charge < -0.3 is 21.1 Å². The molecule has 7 nitrogen and oxygen atoms in total. The molecule has 0 spiro atoms. The summed E-state index contributed by atoms with van der Waals surface area (Å²) in [6.07, 6.45) is 9.36. The van der Waals surface area contributed by atoms with E-state index in [-0.39, 0.29) is 11.5 Å². The number of aromatic nitrogens is 2. The monoisotopic (exact) mass is 407 g/mol. The molecular formula is C23H29N5O2. The first kappa shape index (κ1) is 19.2. The van der Waals surface area contributed by atoms with Crippen LogP contribution in [0.4, 0.5) is 23.0 Å². The van der Waals surface area contributed by atoms with Gasteiger partial charge >= 0.3 is 5.97 Å². The Hall–Kier alpha value is -2.83. The van der Waals surface area contributed by atoms with Gasteiger partial charge in [-0.2, -0.15) is 0 Å². The molecule has 4 aliphatic carbocycles. The average molecular weight is 408 g/mol. The molecule has 6 rings (SSSR count). The minimum absolute atomic E-state index is 0.123. The normalized spacial score (nSPS) is 28.9. The summed E-state index contributed by atoms with van der Waals surface area (Å²) in [6, 6.07) is 7.15. The summed E-state index contributed by atoms with van der Waals surface area (Å²) in [7, 11) is 0. The Balaban J connectivity index is 1.36. The summed E-state index contributed by atoms with van der Waals surface area (Å²) in [5.74, 6) is 3.43. The first-order chi connectivity index (χ1) is 14.5. The molecule has 4 bridgehead atoms. The van der Waals surface area contributed by atoms with E-state index in [1.807, 2.05) is 6.07 Å². The summed E-state index contributed by atoms with van der Waals surface area (Å²) < 4.78 is 5.08. The number of hydrogen-bond donors (Lipinski definition) is 3. The molecule has 4 aliphatic rings. The second-order valence-electron chi connectivity index (χ2n) is 9.23. The number of nitrogens with one attached hydrogen (secondary N) is 2. The van der Waals surface area contributed by atoms with Crippen LogP contribution in [0, 0.1) is 17.8 Å². The highest BCUT2D eigenvalue weighted by Crippen LogP contribution is 2.56. The van der Waals surface area contributed by atoms with Crippen LogP contribution >= 0.6 is 0 Å². The van der Waals surface area contributed by atoms with Crippen molar-refractivity contribution in [2.24, 2.45) is 17.8 Å². The van der Waals surface area contributed by atoms with Crippen LogP contribution in [-0.2, 0) is 4.74 Å². The number of rotatable bonds is 6. The SMILES string of the molecule is CCOC(=O)c1cccc(Nc2ncnc(NC34CC5CC(CC(C5)C3)C4)c2N)c1. The molecule has 30 heavy (non-hydrogen) atoms. The Morgan fingerprint density at radius 1 is 1.13 bits per heavy atom. The zero-order chi connectivity index (χ0) is 20.7. The van der Waals surface area contributed by atoms with Gasteiger partial charge in [0, 0.05) is 11.2 Å². The van der Waals surface area contributed by atoms with Crippen LogP contribution < -0.4 is 16.4 Å². The number of nitrogen functional groups attached to an aromatic ring is 1. The zero-order valence-electron chi connectivity index (χ0n) is 17.4. The van der Waals surface area contributed by atoms with Gasteiger partial charge in [0.1, 0.15) is 12.0 Å². The molecule has 0 radical (unpaired) electrons. The van der Waals surface area contributed by atoms with Crippen molar-refractivity contribution in [3.05, 3.63) is 36.2 Å². The largest absolute Gasteiger partial charge is 0.462 e. The smallest absolute Gasteiger partial charge is 0.338 e. The van der Waals surface area contributed by atoms with Gasteiger partial charge in [-0.15, -0.1) is 0 Å². The number of nitrogens with zero attached hydrogens (tertiary/aromatic N) is 2. The van der Waals surface area contributed by atoms with Crippen molar-refractivity contribution in [3.8, 4) is 0 Å². The molecule has 1 aromatic heterocycles. The molecular weight excluding hydrogens is 378 g/mol. The van der Waals surface area contributed by atoms with E-state index >= 15 is 0 Å². The molecule has 158 valence electrons. The third-order valence-corrected chi connectivity index (χ3v) is 6.94. The molecule has 1 aromatic carbocycles. The van der Waals surface area contributed by atoms with E-state index in [4.69, 9.17) is 10.5 Å². The van der Waals surface area contributed by atoms with Gasteiger partial charge in [0.25, 0.3) is 0 Å². The van der Waals surface area contributed by atoms with Crippen molar-refractivity contribution < 1.29 is 9.53 Å². The summed E-state index contributed by atoms with van der Waals surface area (Å²) in [5, 5.41) is 6.97. The molecule has 4 fully saturated rings. The lowest BCUT2D eigenvalue weighted by Gasteiger charge is -2.57. The quantitative estimate of drug-likeness (QED) is 0.611. The molecule has 4 saturated carbocycles. The van der Waals surface area contributed by atoms with Crippen molar-refractivity contribution >= 4 is 29.0 Å². The summed E-state index contributed by atoms with van der Waals surface area (Å²) in [4.78, 5) is 20.8. The third kappa shape index (κ3) is 3.57. The number of ether oxygens (including phenoxy) is 1. The minimum Gasteiger partial charge on any atom is -0.462 e. The number of nitrogens with two attached hydrogens (primary N) is 1. The summed E-state index contributed by atoms with van der Waals surface area (Å²) in [5.41, 5.74) is 8.31. The second kappa shape index (κ2) is 7.45. The Bertz CT molecular complexity index is 925. The van der Waals surface area contributed by atoms with Crippen molar-refractivity contribution in [2.75, 3.05) is 23.0 Å². The fraction of sp³-hybridized carbons (Fsp3) is 0.522. The number of esters is 1. The van der Waals surface area contributed by atoms with Crippen molar-refractivity contribution in [1.82, 2.24) is 9.97 Å². The number of hydrogen-bond acceptors (Lipinski definition) is 7. The lowest BCUT2D eigenvalue weighted by atomic mass is 9.53. The van der Waals surface area contributed by atoms with Gasteiger partial charge in [-0.25, -0.2) is 14.8 Å². The van der Waals surface area contributed by atoms with Crippen molar-refractivity contribution in [1.29, 1.82) is 0 Å². The van der Waals surface area contributed by atoms with E-state index < -0.39 is 0 Å². The Kier molecular flexibility index (Phi) is 4.76. The fourth-order valence-electron chi connectivity index (χ4n) is 6.18. The molecule has 4 N–H and O–H groups in total. The van der Waals surface area contributed by atoms with Crippen LogP contribution in [0.15, 0.2) is 30.6 Å². The second-order valence-corrected chi connectivity index (χ2v) is 9.23. The van der Waals surface area contributed by atoms with Gasteiger partial charge in [-0.05, 0) is 81.4 Å². The van der Waals surface area contributed by atoms with E-state index in [2.05, 4.69) is 20.6 Å². The maximum Gasteiger partial charge on any atom is 0.338 e. The summed E-state index contributed by atoms with van der Waals surface area (Å²) in [6.45, 7) is 2.13. The van der Waals surface area contributed by atoms with E-state index in [0.717, 1.165) is 23.4 Å². The van der Waals surface area contributed by atoms with E-state index in [0.29, 0.717) is 29.5 Å². The van der Waals surface area contributed by atoms with Gasteiger partial charge in [-0.1, -0.05) is 6.07 Å². The highest BCUT2D eigenvalue weighted by Gasteiger charge is 2.51. The van der Waals surface area contributed by atoms with E-state index in [1.54, 1.807) is 25.1 Å². The molecule has 0 saturated heterocycles. The highest BCUT2D eigenvalue weighted by atomic mass is 16.5.